The molecule has 0 heterocycles. The largest absolute Gasteiger partial charge is 0.479 e. The van der Waals surface area contributed by atoms with E-state index >= 15 is 0 Å². The van der Waals surface area contributed by atoms with Crippen molar-refractivity contribution in [3.05, 3.63) is 12.2 Å². The molecule has 0 amide bonds. The third-order valence-electron chi connectivity index (χ3n) is 3.17. The highest BCUT2D eigenvalue weighted by Gasteiger charge is 2.61. The predicted molar refractivity (Wildman–Crippen MR) is 57.5 cm³/mol. The Labute approximate surface area is 102 Å². The quantitative estimate of drug-likeness (QED) is 0.296. The molecule has 0 saturated heterocycles. The molecular weight excluding hydrogens is 246 g/mol. The van der Waals surface area contributed by atoms with Crippen LogP contribution in [0, 0.1) is 5.92 Å². The predicted octanol–water partition coefficient (Wildman–Crippen LogP) is -2.49. The van der Waals surface area contributed by atoms with E-state index in [-0.39, 0.29) is 13.0 Å². The van der Waals surface area contributed by atoms with Crippen molar-refractivity contribution in [2.45, 2.75) is 23.7 Å². The molecule has 1 rings (SSSR count). The van der Waals surface area contributed by atoms with E-state index in [2.05, 4.69) is 0 Å². The normalized spacial score (nSPS) is 31.9. The third kappa shape index (κ3) is 1.99. The Morgan fingerprint density at radius 1 is 1.50 bits per heavy atom. The number of nitrogens with two attached hydrogens (primary N) is 1. The van der Waals surface area contributed by atoms with Crippen LogP contribution in [0.15, 0.2) is 12.2 Å². The summed E-state index contributed by atoms with van der Waals surface area (Å²) in [6.07, 6.45) is -0.282. The lowest BCUT2D eigenvalue weighted by atomic mass is 9.75. The van der Waals surface area contributed by atoms with Gasteiger partial charge in [-0.05, 0) is 6.42 Å². The second kappa shape index (κ2) is 4.65. The average molecular weight is 261 g/mol. The monoisotopic (exact) mass is 261 g/mol. The summed E-state index contributed by atoms with van der Waals surface area (Å²) in [6.45, 7) is -0.325. The third-order valence-corrected chi connectivity index (χ3v) is 3.17. The number of rotatable bonds is 5. The summed E-state index contributed by atoms with van der Waals surface area (Å²) in [7, 11) is 0. The van der Waals surface area contributed by atoms with Crippen molar-refractivity contribution in [2.75, 3.05) is 6.61 Å². The van der Waals surface area contributed by atoms with Gasteiger partial charge in [-0.15, -0.1) is 0 Å². The summed E-state index contributed by atoms with van der Waals surface area (Å²) in [4.78, 5) is 21.8. The molecule has 0 aliphatic heterocycles. The van der Waals surface area contributed by atoms with Crippen LogP contribution < -0.4 is 5.73 Å². The first-order chi connectivity index (χ1) is 8.19. The molecule has 0 fully saturated rings. The molecule has 0 saturated carbocycles. The first kappa shape index (κ1) is 14.6. The van der Waals surface area contributed by atoms with Gasteiger partial charge in [0.05, 0.1) is 5.54 Å². The molecule has 0 bridgehead atoms. The minimum Gasteiger partial charge on any atom is -0.479 e. The molecule has 8 nitrogen and oxygen atoms in total. The highest BCUT2D eigenvalue weighted by Crippen LogP contribution is 2.36. The molecule has 8 heteroatoms. The van der Waals surface area contributed by atoms with Crippen LogP contribution in [0.3, 0.4) is 0 Å². The van der Waals surface area contributed by atoms with Gasteiger partial charge >= 0.3 is 11.9 Å². The molecule has 18 heavy (non-hydrogen) atoms. The van der Waals surface area contributed by atoms with Crippen molar-refractivity contribution in [3.8, 4) is 0 Å². The van der Waals surface area contributed by atoms with E-state index in [1.165, 1.54) is 6.08 Å². The van der Waals surface area contributed by atoms with Gasteiger partial charge in [-0.3, -0.25) is 0 Å². The van der Waals surface area contributed by atoms with E-state index in [1.54, 1.807) is 0 Å². The minimum atomic E-state index is -3.07. The number of carbonyl (C=O) groups is 2. The average Bonchev–Trinajstić information content (AvgIpc) is 2.70. The Balaban J connectivity index is 3.18. The molecule has 0 spiro atoms. The van der Waals surface area contributed by atoms with Gasteiger partial charge in [0.15, 0.2) is 6.10 Å². The Morgan fingerprint density at radius 3 is 2.39 bits per heavy atom. The summed E-state index contributed by atoms with van der Waals surface area (Å²) in [5.41, 5.74) is 0.653. The van der Waals surface area contributed by atoms with Crippen LogP contribution >= 0.6 is 0 Å². The zero-order valence-corrected chi connectivity index (χ0v) is 9.35. The highest BCUT2D eigenvalue weighted by molar-refractivity contribution is 5.89. The second-order valence-corrected chi connectivity index (χ2v) is 4.36. The maximum atomic E-state index is 11.1. The molecular formula is C10H15NO7. The van der Waals surface area contributed by atoms with Gasteiger partial charge < -0.3 is 31.3 Å². The molecule has 0 aromatic heterocycles. The topological polar surface area (TPSA) is 161 Å². The first-order valence-electron chi connectivity index (χ1n) is 5.14. The first-order valence-corrected chi connectivity index (χ1v) is 5.14. The van der Waals surface area contributed by atoms with E-state index in [0.717, 1.165) is 6.08 Å². The van der Waals surface area contributed by atoms with Crippen molar-refractivity contribution < 1.29 is 35.1 Å². The molecule has 0 radical (unpaired) electrons. The van der Waals surface area contributed by atoms with E-state index in [9.17, 15) is 19.8 Å². The number of hydrogen-bond donors (Lipinski definition) is 6. The molecule has 1 aliphatic rings. The molecule has 0 aromatic carbocycles. The Hall–Kier alpha value is -1.48. The number of aliphatic hydroxyl groups is 3. The van der Waals surface area contributed by atoms with Crippen molar-refractivity contribution in [3.63, 3.8) is 0 Å². The fourth-order valence-electron chi connectivity index (χ4n) is 2.04. The van der Waals surface area contributed by atoms with Gasteiger partial charge in [0.25, 0.3) is 0 Å². The van der Waals surface area contributed by atoms with Gasteiger partial charge in [0.2, 0.25) is 5.60 Å². The van der Waals surface area contributed by atoms with Crippen LogP contribution in [0.1, 0.15) is 6.42 Å². The molecule has 7 N–H and O–H groups in total. The van der Waals surface area contributed by atoms with Gasteiger partial charge in [-0.2, -0.15) is 0 Å². The Bertz CT molecular complexity index is 396. The lowest BCUT2D eigenvalue weighted by molar-refractivity contribution is -0.192. The van der Waals surface area contributed by atoms with Crippen molar-refractivity contribution in [1.29, 1.82) is 0 Å². The van der Waals surface area contributed by atoms with Crippen LogP contribution in [0.25, 0.3) is 0 Å². The molecule has 102 valence electrons. The van der Waals surface area contributed by atoms with Crippen LogP contribution in [-0.4, -0.2) is 61.3 Å². The lowest BCUT2D eigenvalue weighted by Crippen LogP contribution is -2.70. The molecule has 1 aliphatic carbocycles. The van der Waals surface area contributed by atoms with E-state index in [1.807, 2.05) is 0 Å². The molecule has 2 unspecified atom stereocenters. The van der Waals surface area contributed by atoms with Crippen molar-refractivity contribution >= 4 is 11.9 Å². The van der Waals surface area contributed by atoms with Gasteiger partial charge in [0, 0.05) is 12.5 Å². The SMILES string of the molecule is N[C@]1(C(O)(C(=O)O)C(O)C(=O)O)C=C[C@H](CO)C1. The lowest BCUT2D eigenvalue weighted by Gasteiger charge is -2.39. The fourth-order valence-corrected chi connectivity index (χ4v) is 2.04. The highest BCUT2D eigenvalue weighted by atomic mass is 16.4. The maximum absolute atomic E-state index is 11.1. The molecule has 0 aromatic rings. The van der Waals surface area contributed by atoms with Gasteiger partial charge in [-0.1, -0.05) is 12.2 Å². The Kier molecular flexibility index (Phi) is 3.77. The van der Waals surface area contributed by atoms with Gasteiger partial charge in [0.1, 0.15) is 0 Å². The Morgan fingerprint density at radius 2 is 2.06 bits per heavy atom. The van der Waals surface area contributed by atoms with Crippen LogP contribution in [0.2, 0.25) is 0 Å². The fraction of sp³-hybridized carbons (Fsp3) is 0.600. The van der Waals surface area contributed by atoms with Crippen molar-refractivity contribution in [2.24, 2.45) is 11.7 Å². The summed E-state index contributed by atoms with van der Waals surface area (Å²) < 4.78 is 0. The van der Waals surface area contributed by atoms with Crippen LogP contribution in [-0.2, 0) is 9.59 Å². The summed E-state index contributed by atoms with van der Waals surface area (Å²) in [5.74, 6) is -4.34. The zero-order chi connectivity index (χ0) is 14.1. The van der Waals surface area contributed by atoms with Crippen molar-refractivity contribution in [1.82, 2.24) is 0 Å². The van der Waals surface area contributed by atoms with Crippen LogP contribution in [0.5, 0.6) is 0 Å². The number of carboxylic acids is 2. The smallest absolute Gasteiger partial charge is 0.341 e. The maximum Gasteiger partial charge on any atom is 0.341 e. The summed E-state index contributed by atoms with van der Waals surface area (Å²) in [5, 5.41) is 46.0. The number of carboxylic acid groups (broad SMARTS) is 2. The summed E-state index contributed by atoms with van der Waals surface area (Å²) >= 11 is 0. The summed E-state index contributed by atoms with van der Waals surface area (Å²) in [6, 6.07) is 0. The standard InChI is InChI=1S/C10H15NO7/c11-9(2-1-5(3-9)4-12)10(18,8(16)17)6(13)7(14)15/h1-2,5-6,12-13,18H,3-4,11H2,(H,14,15)(H,16,17)/t5-,6?,9+,10?/m0/s1. The van der Waals surface area contributed by atoms with E-state index in [4.69, 9.17) is 21.1 Å². The van der Waals surface area contributed by atoms with Crippen LogP contribution in [0.4, 0.5) is 0 Å². The second-order valence-electron chi connectivity index (χ2n) is 4.36. The number of aliphatic hydroxyl groups excluding tert-OH is 2. The number of aliphatic carboxylic acids is 2. The van der Waals surface area contributed by atoms with E-state index in [0.29, 0.717) is 0 Å². The zero-order valence-electron chi connectivity index (χ0n) is 9.35. The minimum absolute atomic E-state index is 0.184. The molecule has 4 atom stereocenters. The number of hydrogen-bond acceptors (Lipinski definition) is 6. The van der Waals surface area contributed by atoms with Gasteiger partial charge in [-0.25, -0.2) is 9.59 Å². The van der Waals surface area contributed by atoms with E-state index < -0.39 is 35.1 Å².